The second kappa shape index (κ2) is 6.61. The number of hydrogen-bond acceptors (Lipinski definition) is 4. The Labute approximate surface area is 144 Å². The molecule has 1 unspecified atom stereocenters. The van der Waals surface area contributed by atoms with Gasteiger partial charge in [-0.15, -0.1) is 0 Å². The van der Waals surface area contributed by atoms with Crippen LogP contribution < -0.4 is 4.74 Å². The van der Waals surface area contributed by atoms with E-state index in [1.165, 1.54) is 18.4 Å². The molecule has 3 rings (SSSR count). The maximum Gasteiger partial charge on any atom is 0.410 e. The van der Waals surface area contributed by atoms with Gasteiger partial charge in [-0.05, 0) is 57.1 Å². The minimum atomic E-state index is -0.462. The summed E-state index contributed by atoms with van der Waals surface area (Å²) >= 11 is 0. The molecule has 3 atom stereocenters. The molecule has 1 aliphatic carbocycles. The quantitative estimate of drug-likeness (QED) is 0.818. The SMILES string of the molecule is CC[C@@H]1CC1c1cncc(OC[C@@H]2CCN2C(=O)OC(C)(C)C)c1. The lowest BCUT2D eigenvalue weighted by Crippen LogP contribution is -2.55. The molecule has 5 nitrogen and oxygen atoms in total. The minimum absolute atomic E-state index is 0.0906. The zero-order valence-electron chi connectivity index (χ0n) is 15.1. The van der Waals surface area contributed by atoms with Crippen LogP contribution >= 0.6 is 0 Å². The lowest BCUT2D eigenvalue weighted by Gasteiger charge is -2.40. The molecule has 1 aromatic heterocycles. The monoisotopic (exact) mass is 332 g/mol. The number of hydrogen-bond donors (Lipinski definition) is 0. The molecule has 2 aliphatic rings. The van der Waals surface area contributed by atoms with Crippen molar-refractivity contribution in [3.05, 3.63) is 24.0 Å². The smallest absolute Gasteiger partial charge is 0.410 e. The van der Waals surface area contributed by atoms with Crippen molar-refractivity contribution in [1.82, 2.24) is 9.88 Å². The Morgan fingerprint density at radius 3 is 2.75 bits per heavy atom. The van der Waals surface area contributed by atoms with Crippen molar-refractivity contribution >= 4 is 6.09 Å². The molecule has 2 fully saturated rings. The lowest BCUT2D eigenvalue weighted by atomic mass is 10.1. The highest BCUT2D eigenvalue weighted by molar-refractivity contribution is 5.69. The second-order valence-electron chi connectivity index (χ2n) is 7.89. The van der Waals surface area contributed by atoms with E-state index in [1.54, 1.807) is 11.1 Å². The van der Waals surface area contributed by atoms with Crippen LogP contribution in [0.4, 0.5) is 4.79 Å². The first-order chi connectivity index (χ1) is 11.4. The van der Waals surface area contributed by atoms with E-state index in [4.69, 9.17) is 9.47 Å². The topological polar surface area (TPSA) is 51.7 Å². The molecule has 1 aromatic rings. The maximum atomic E-state index is 12.1. The standard InChI is InChI=1S/C19H28N2O3/c1-5-13-9-17(13)14-8-16(11-20-10-14)23-12-15-6-7-21(15)18(22)24-19(2,3)4/h8,10-11,13,15,17H,5-7,9,12H2,1-4H3/t13-,15+,17?/m1/s1. The fraction of sp³-hybridized carbons (Fsp3) is 0.684. The zero-order valence-corrected chi connectivity index (χ0v) is 15.1. The van der Waals surface area contributed by atoms with Crippen LogP contribution in [0, 0.1) is 5.92 Å². The van der Waals surface area contributed by atoms with Gasteiger partial charge < -0.3 is 14.4 Å². The summed E-state index contributed by atoms with van der Waals surface area (Å²) in [6.07, 6.45) is 6.89. The summed E-state index contributed by atoms with van der Waals surface area (Å²) < 4.78 is 11.3. The zero-order chi connectivity index (χ0) is 17.3. The summed E-state index contributed by atoms with van der Waals surface area (Å²) in [6, 6.07) is 2.19. The summed E-state index contributed by atoms with van der Waals surface area (Å²) in [4.78, 5) is 18.2. The highest BCUT2D eigenvalue weighted by Gasteiger charge is 2.37. The highest BCUT2D eigenvalue weighted by Crippen LogP contribution is 2.49. The minimum Gasteiger partial charge on any atom is -0.490 e. The van der Waals surface area contributed by atoms with E-state index in [0.29, 0.717) is 12.5 Å². The number of amides is 1. The number of nitrogens with zero attached hydrogens (tertiary/aromatic N) is 2. The number of rotatable bonds is 5. The van der Waals surface area contributed by atoms with E-state index in [1.807, 2.05) is 27.0 Å². The van der Waals surface area contributed by atoms with Gasteiger partial charge in [-0.25, -0.2) is 4.79 Å². The van der Waals surface area contributed by atoms with Gasteiger partial charge >= 0.3 is 6.09 Å². The van der Waals surface area contributed by atoms with Crippen LogP contribution in [-0.2, 0) is 4.74 Å². The van der Waals surface area contributed by atoms with Gasteiger partial charge in [0.1, 0.15) is 18.0 Å². The lowest BCUT2D eigenvalue weighted by molar-refractivity contribution is -0.0141. The Morgan fingerprint density at radius 2 is 2.17 bits per heavy atom. The molecule has 0 spiro atoms. The summed E-state index contributed by atoms with van der Waals surface area (Å²) in [7, 11) is 0. The number of carbonyl (C=O) groups excluding carboxylic acids is 1. The predicted molar refractivity (Wildman–Crippen MR) is 92.2 cm³/mol. The van der Waals surface area contributed by atoms with E-state index < -0.39 is 5.60 Å². The molecule has 132 valence electrons. The molecular formula is C19H28N2O3. The Morgan fingerprint density at radius 1 is 1.38 bits per heavy atom. The molecule has 0 aromatic carbocycles. The van der Waals surface area contributed by atoms with Gasteiger partial charge in [0.2, 0.25) is 0 Å². The molecule has 1 saturated carbocycles. The third-order valence-electron chi connectivity index (χ3n) is 4.82. The summed E-state index contributed by atoms with van der Waals surface area (Å²) in [5, 5.41) is 0. The van der Waals surface area contributed by atoms with E-state index in [9.17, 15) is 4.79 Å². The van der Waals surface area contributed by atoms with Gasteiger partial charge in [-0.3, -0.25) is 4.98 Å². The maximum absolute atomic E-state index is 12.1. The first kappa shape index (κ1) is 17.1. The van der Waals surface area contributed by atoms with Crippen LogP contribution in [0.3, 0.4) is 0 Å². The molecule has 2 heterocycles. The van der Waals surface area contributed by atoms with Gasteiger partial charge in [0, 0.05) is 12.7 Å². The molecule has 0 bridgehead atoms. The number of ether oxygens (including phenoxy) is 2. The fourth-order valence-electron chi connectivity index (χ4n) is 3.19. The third kappa shape index (κ3) is 4.00. The first-order valence-electron chi connectivity index (χ1n) is 8.94. The molecular weight excluding hydrogens is 304 g/mol. The van der Waals surface area contributed by atoms with E-state index in [0.717, 1.165) is 24.6 Å². The van der Waals surface area contributed by atoms with Gasteiger partial charge in [0.15, 0.2) is 0 Å². The molecule has 1 aliphatic heterocycles. The molecule has 5 heteroatoms. The summed E-state index contributed by atoms with van der Waals surface area (Å²) in [5.74, 6) is 2.25. The van der Waals surface area contributed by atoms with Crippen LogP contribution in [0.25, 0.3) is 0 Å². The summed E-state index contributed by atoms with van der Waals surface area (Å²) in [5.41, 5.74) is 0.813. The number of likely N-dealkylation sites (tertiary alicyclic amines) is 1. The average molecular weight is 332 g/mol. The Hall–Kier alpha value is -1.78. The van der Waals surface area contributed by atoms with Gasteiger partial charge in [0.25, 0.3) is 0 Å². The Bertz CT molecular complexity index is 597. The molecule has 1 saturated heterocycles. The second-order valence-corrected chi connectivity index (χ2v) is 7.89. The predicted octanol–water partition coefficient (Wildman–Crippen LogP) is 3.98. The molecule has 1 amide bonds. The van der Waals surface area contributed by atoms with Crippen molar-refractivity contribution in [3.8, 4) is 5.75 Å². The van der Waals surface area contributed by atoms with Crippen molar-refractivity contribution in [1.29, 1.82) is 0 Å². The highest BCUT2D eigenvalue weighted by atomic mass is 16.6. The number of carbonyl (C=O) groups is 1. The molecule has 0 N–H and O–H groups in total. The van der Waals surface area contributed by atoms with Crippen molar-refractivity contribution in [2.75, 3.05) is 13.2 Å². The van der Waals surface area contributed by atoms with Gasteiger partial charge in [0.05, 0.1) is 12.2 Å². The van der Waals surface area contributed by atoms with E-state index in [2.05, 4.69) is 18.0 Å². The van der Waals surface area contributed by atoms with Crippen molar-refractivity contribution < 1.29 is 14.3 Å². The van der Waals surface area contributed by atoms with Crippen LogP contribution in [0.5, 0.6) is 5.75 Å². The van der Waals surface area contributed by atoms with Gasteiger partial charge in [-0.1, -0.05) is 13.3 Å². The first-order valence-corrected chi connectivity index (χ1v) is 8.94. The van der Waals surface area contributed by atoms with Crippen molar-refractivity contribution in [3.63, 3.8) is 0 Å². The average Bonchev–Trinajstić information content (AvgIpc) is 3.24. The molecule has 24 heavy (non-hydrogen) atoms. The van der Waals surface area contributed by atoms with Crippen LogP contribution in [0.15, 0.2) is 18.5 Å². The third-order valence-corrected chi connectivity index (χ3v) is 4.82. The van der Waals surface area contributed by atoms with Crippen molar-refractivity contribution in [2.24, 2.45) is 5.92 Å². The Balaban J connectivity index is 1.51. The largest absolute Gasteiger partial charge is 0.490 e. The van der Waals surface area contributed by atoms with Crippen LogP contribution in [0.2, 0.25) is 0 Å². The fourth-order valence-corrected chi connectivity index (χ4v) is 3.19. The number of pyridine rings is 1. The normalized spacial score (nSPS) is 25.8. The van der Waals surface area contributed by atoms with Crippen LogP contribution in [0.1, 0.15) is 58.4 Å². The summed E-state index contributed by atoms with van der Waals surface area (Å²) in [6.45, 7) is 9.12. The van der Waals surface area contributed by atoms with Gasteiger partial charge in [-0.2, -0.15) is 0 Å². The molecule has 0 radical (unpaired) electrons. The van der Waals surface area contributed by atoms with E-state index in [-0.39, 0.29) is 12.1 Å². The van der Waals surface area contributed by atoms with E-state index >= 15 is 0 Å². The number of aromatic nitrogens is 1. The Kier molecular flexibility index (Phi) is 4.70. The van der Waals surface area contributed by atoms with Crippen LogP contribution in [-0.4, -0.2) is 40.8 Å². The van der Waals surface area contributed by atoms with Crippen molar-refractivity contribution in [2.45, 2.75) is 64.5 Å².